The molecule has 0 bridgehead atoms. The van der Waals surface area contributed by atoms with E-state index in [0.717, 1.165) is 42.0 Å². The zero-order chi connectivity index (χ0) is 23.0. The number of hydrogen-bond acceptors (Lipinski definition) is 4. The molecule has 6 nitrogen and oxygen atoms in total. The lowest BCUT2D eigenvalue weighted by molar-refractivity contribution is 0.0757. The molecule has 2 aromatic carbocycles. The lowest BCUT2D eigenvalue weighted by Gasteiger charge is -2.28. The molecule has 1 fully saturated rings. The second kappa shape index (κ2) is 11.1. The van der Waals surface area contributed by atoms with Crippen molar-refractivity contribution in [3.8, 4) is 22.5 Å². The number of nitrogens with one attached hydrogen (secondary N) is 2. The highest BCUT2D eigenvalue weighted by Crippen LogP contribution is 2.27. The summed E-state index contributed by atoms with van der Waals surface area (Å²) in [5.41, 5.74) is 5.88. The molecule has 1 amide bonds. The van der Waals surface area contributed by atoms with Crippen LogP contribution >= 0.6 is 0 Å². The van der Waals surface area contributed by atoms with Crippen LogP contribution in [0.2, 0.25) is 0 Å². The molecule has 0 aliphatic carbocycles. The number of carbonyl (C=O) groups excluding carboxylic acids is 1. The molecule has 3 aromatic rings. The Labute approximate surface area is 196 Å². The lowest BCUT2D eigenvalue weighted by atomic mass is 10.1. The number of hydrogen-bond donors (Lipinski definition) is 2. The molecule has 1 aliphatic rings. The van der Waals surface area contributed by atoms with E-state index in [2.05, 4.69) is 50.7 Å². The first kappa shape index (κ1) is 23.1. The van der Waals surface area contributed by atoms with Gasteiger partial charge in [-0.2, -0.15) is 5.10 Å². The Bertz CT molecular complexity index is 1020. The van der Waals surface area contributed by atoms with E-state index in [1.54, 1.807) is 0 Å². The van der Waals surface area contributed by atoms with Crippen LogP contribution in [-0.4, -0.2) is 48.4 Å². The van der Waals surface area contributed by atoms with Gasteiger partial charge in [0.15, 0.2) is 0 Å². The smallest absolute Gasteiger partial charge is 0.251 e. The minimum atomic E-state index is -0.0646. The molecule has 1 saturated heterocycles. The predicted octanol–water partition coefficient (Wildman–Crippen LogP) is 5.28. The van der Waals surface area contributed by atoms with E-state index in [9.17, 15) is 4.79 Å². The van der Waals surface area contributed by atoms with Crippen LogP contribution in [0.4, 0.5) is 5.69 Å². The third-order valence-electron chi connectivity index (χ3n) is 5.98. The van der Waals surface area contributed by atoms with Crippen LogP contribution in [0.1, 0.15) is 49.9 Å². The minimum absolute atomic E-state index is 0.0646. The summed E-state index contributed by atoms with van der Waals surface area (Å²) in [6.07, 6.45) is 4.91. The number of aromatic amines is 1. The molecule has 0 atom stereocenters. The van der Waals surface area contributed by atoms with Crippen LogP contribution < -0.4 is 10.2 Å². The number of carbonyl (C=O) groups is 1. The molecule has 0 saturated carbocycles. The van der Waals surface area contributed by atoms with E-state index in [1.807, 2.05) is 38.1 Å². The van der Waals surface area contributed by atoms with Gasteiger partial charge < -0.3 is 15.0 Å². The number of rotatable bonds is 9. The van der Waals surface area contributed by atoms with Gasteiger partial charge in [0.25, 0.3) is 5.91 Å². The van der Waals surface area contributed by atoms with Gasteiger partial charge in [0.05, 0.1) is 17.5 Å². The fraction of sp³-hybridized carbons (Fsp3) is 0.407. The standard InChI is InChI=1S/C27H34N4O2/c1-20(2)33-18-6-15-28-27(32)23-9-7-21(8-10-23)25-19-26(30-29-25)22-11-13-24(14-12-22)31-16-4-3-5-17-31/h7-14,19-20H,3-6,15-18H2,1-2H3,(H,28,32)(H,29,30). The first-order chi connectivity index (χ1) is 16.1. The molecule has 0 spiro atoms. The normalized spacial score (nSPS) is 14.0. The summed E-state index contributed by atoms with van der Waals surface area (Å²) < 4.78 is 5.50. The number of nitrogens with zero attached hydrogens (tertiary/aromatic N) is 2. The Hall–Kier alpha value is -3.12. The van der Waals surface area contributed by atoms with E-state index in [4.69, 9.17) is 4.74 Å². The number of benzene rings is 2. The summed E-state index contributed by atoms with van der Waals surface area (Å²) in [5, 5.41) is 10.6. The minimum Gasteiger partial charge on any atom is -0.379 e. The lowest BCUT2D eigenvalue weighted by Crippen LogP contribution is -2.29. The number of anilines is 1. The Balaban J connectivity index is 1.34. The second-order valence-electron chi connectivity index (χ2n) is 8.87. The quantitative estimate of drug-likeness (QED) is 0.439. The predicted molar refractivity (Wildman–Crippen MR) is 134 cm³/mol. The molecule has 0 radical (unpaired) electrons. The van der Waals surface area contributed by atoms with Gasteiger partial charge in [-0.25, -0.2) is 0 Å². The molecule has 33 heavy (non-hydrogen) atoms. The van der Waals surface area contributed by atoms with Gasteiger partial charge in [0.1, 0.15) is 0 Å². The van der Waals surface area contributed by atoms with Crippen LogP contribution in [0.5, 0.6) is 0 Å². The summed E-state index contributed by atoms with van der Waals surface area (Å²) in [6, 6.07) is 18.3. The monoisotopic (exact) mass is 446 g/mol. The fourth-order valence-corrected chi connectivity index (χ4v) is 4.11. The van der Waals surface area contributed by atoms with Crippen LogP contribution in [-0.2, 0) is 4.74 Å². The maximum absolute atomic E-state index is 12.3. The molecule has 1 aliphatic heterocycles. The highest BCUT2D eigenvalue weighted by atomic mass is 16.5. The Morgan fingerprint density at radius 1 is 1.03 bits per heavy atom. The molecule has 6 heteroatoms. The average Bonchev–Trinajstić information content (AvgIpc) is 3.35. The largest absolute Gasteiger partial charge is 0.379 e. The highest BCUT2D eigenvalue weighted by molar-refractivity contribution is 5.94. The highest BCUT2D eigenvalue weighted by Gasteiger charge is 2.12. The van der Waals surface area contributed by atoms with Crippen molar-refractivity contribution in [1.82, 2.24) is 15.5 Å². The molecule has 0 unspecified atom stereocenters. The van der Waals surface area contributed by atoms with Crippen molar-refractivity contribution >= 4 is 11.6 Å². The van der Waals surface area contributed by atoms with Crippen molar-refractivity contribution in [2.45, 2.75) is 45.6 Å². The fourth-order valence-electron chi connectivity index (χ4n) is 4.11. The number of aromatic nitrogens is 2. The van der Waals surface area contributed by atoms with Gasteiger partial charge >= 0.3 is 0 Å². The summed E-state index contributed by atoms with van der Waals surface area (Å²) in [7, 11) is 0. The third kappa shape index (κ3) is 6.23. The van der Waals surface area contributed by atoms with Crippen LogP contribution in [0.15, 0.2) is 54.6 Å². The summed E-state index contributed by atoms with van der Waals surface area (Å²) in [6.45, 7) is 7.57. The maximum Gasteiger partial charge on any atom is 0.251 e. The van der Waals surface area contributed by atoms with Crippen molar-refractivity contribution in [2.75, 3.05) is 31.1 Å². The molecule has 2 N–H and O–H groups in total. The Kier molecular flexibility index (Phi) is 7.79. The van der Waals surface area contributed by atoms with Crippen LogP contribution in [0.25, 0.3) is 22.5 Å². The van der Waals surface area contributed by atoms with Crippen molar-refractivity contribution in [2.24, 2.45) is 0 Å². The number of H-pyrrole nitrogens is 1. The van der Waals surface area contributed by atoms with E-state index >= 15 is 0 Å². The number of amides is 1. The van der Waals surface area contributed by atoms with E-state index in [-0.39, 0.29) is 12.0 Å². The van der Waals surface area contributed by atoms with Crippen molar-refractivity contribution < 1.29 is 9.53 Å². The summed E-state index contributed by atoms with van der Waals surface area (Å²) in [5.74, 6) is -0.0646. The van der Waals surface area contributed by atoms with E-state index in [0.29, 0.717) is 18.7 Å². The van der Waals surface area contributed by atoms with E-state index in [1.165, 1.54) is 24.9 Å². The van der Waals surface area contributed by atoms with Gasteiger partial charge in [-0.3, -0.25) is 9.89 Å². The van der Waals surface area contributed by atoms with Crippen molar-refractivity contribution in [3.63, 3.8) is 0 Å². The summed E-state index contributed by atoms with van der Waals surface area (Å²) in [4.78, 5) is 14.8. The molecule has 1 aromatic heterocycles. The van der Waals surface area contributed by atoms with Gasteiger partial charge in [-0.1, -0.05) is 24.3 Å². The zero-order valence-corrected chi connectivity index (χ0v) is 19.6. The van der Waals surface area contributed by atoms with Crippen molar-refractivity contribution in [3.05, 3.63) is 60.2 Å². The first-order valence-electron chi connectivity index (χ1n) is 12.0. The molecular formula is C27H34N4O2. The Morgan fingerprint density at radius 3 is 2.42 bits per heavy atom. The van der Waals surface area contributed by atoms with Gasteiger partial charge in [-0.05, 0) is 75.4 Å². The molecule has 4 rings (SSSR count). The SMILES string of the molecule is CC(C)OCCCNC(=O)c1ccc(-c2cc(-c3ccc(N4CCCCC4)cc3)n[nH]2)cc1. The van der Waals surface area contributed by atoms with Gasteiger partial charge in [0.2, 0.25) is 0 Å². The third-order valence-corrected chi connectivity index (χ3v) is 5.98. The molecule has 174 valence electrons. The maximum atomic E-state index is 12.3. The Morgan fingerprint density at radius 2 is 1.73 bits per heavy atom. The van der Waals surface area contributed by atoms with Gasteiger partial charge in [-0.15, -0.1) is 0 Å². The zero-order valence-electron chi connectivity index (χ0n) is 19.6. The second-order valence-corrected chi connectivity index (χ2v) is 8.87. The van der Waals surface area contributed by atoms with Gasteiger partial charge in [0, 0.05) is 43.1 Å². The van der Waals surface area contributed by atoms with Crippen LogP contribution in [0, 0.1) is 0 Å². The van der Waals surface area contributed by atoms with Crippen LogP contribution in [0.3, 0.4) is 0 Å². The topological polar surface area (TPSA) is 70.2 Å². The average molecular weight is 447 g/mol. The van der Waals surface area contributed by atoms with Crippen molar-refractivity contribution in [1.29, 1.82) is 0 Å². The summed E-state index contributed by atoms with van der Waals surface area (Å²) >= 11 is 0. The first-order valence-corrected chi connectivity index (χ1v) is 12.0. The molecular weight excluding hydrogens is 412 g/mol. The number of piperidine rings is 1. The molecule has 2 heterocycles. The van der Waals surface area contributed by atoms with E-state index < -0.39 is 0 Å². The number of ether oxygens (including phenoxy) is 1.